The summed E-state index contributed by atoms with van der Waals surface area (Å²) in [5.41, 5.74) is 8.49. The molecule has 0 saturated carbocycles. The van der Waals surface area contributed by atoms with E-state index in [0.717, 1.165) is 10.0 Å². The number of carbonyl (C=O) groups excluding carboxylic acids is 1. The lowest BCUT2D eigenvalue weighted by atomic mass is 10.2. The molecule has 2 aromatic rings. The van der Waals surface area contributed by atoms with E-state index in [0.29, 0.717) is 6.54 Å². The molecule has 0 spiro atoms. The van der Waals surface area contributed by atoms with Gasteiger partial charge in [0.2, 0.25) is 6.33 Å². The molecule has 0 unspecified atom stereocenters. The third-order valence-electron chi connectivity index (χ3n) is 2.08. The number of carbonyl (C=O) groups is 1. The number of primary amides is 1. The minimum atomic E-state index is -0.627. The molecule has 1 aromatic carbocycles. The lowest BCUT2D eigenvalue weighted by Gasteiger charge is -1.96. The predicted molar refractivity (Wildman–Crippen MR) is 64.6 cm³/mol. The number of nitrogens with zero attached hydrogens (tertiary/aromatic N) is 3. The summed E-state index contributed by atoms with van der Waals surface area (Å²) in [6.45, 7) is 0.626. The van der Waals surface area contributed by atoms with Crippen LogP contribution in [0, 0.1) is 0 Å². The van der Waals surface area contributed by atoms with Crippen molar-refractivity contribution in [2.24, 2.45) is 5.73 Å². The van der Waals surface area contributed by atoms with Gasteiger partial charge in [-0.05, 0) is 17.7 Å². The minimum Gasteiger partial charge on any atom is -0.349 e. The van der Waals surface area contributed by atoms with Crippen LogP contribution in [-0.2, 0) is 6.54 Å². The fourth-order valence-electron chi connectivity index (χ4n) is 1.37. The van der Waals surface area contributed by atoms with Crippen LogP contribution in [0.5, 0.6) is 0 Å². The second-order valence-corrected chi connectivity index (χ2v) is 4.37. The molecule has 2 rings (SSSR count). The zero-order chi connectivity index (χ0) is 12.3. The van der Waals surface area contributed by atoms with Gasteiger partial charge in [-0.25, -0.2) is 4.79 Å². The van der Waals surface area contributed by atoms with E-state index in [9.17, 15) is 4.79 Å². The highest BCUT2D eigenvalue weighted by Crippen LogP contribution is 2.10. The Morgan fingerprint density at radius 3 is 2.82 bits per heavy atom. The topological polar surface area (TPSA) is 76.8 Å². The smallest absolute Gasteiger partial charge is 0.342 e. The summed E-state index contributed by atoms with van der Waals surface area (Å²) in [6, 6.07) is 7.30. The molecule has 0 fully saturated rings. The van der Waals surface area contributed by atoms with Gasteiger partial charge in [0, 0.05) is 9.57 Å². The van der Waals surface area contributed by atoms with E-state index in [1.54, 1.807) is 11.0 Å². The zero-order valence-corrected chi connectivity index (χ0v) is 10.5. The number of benzene rings is 1. The van der Waals surface area contributed by atoms with E-state index in [-0.39, 0.29) is 0 Å². The summed E-state index contributed by atoms with van der Waals surface area (Å²) in [5, 5.41) is 4.08. The SMILES string of the molecule is NC(=O)N[n+]1cnn(Cc2ccc(Br)cc2)c1. The van der Waals surface area contributed by atoms with E-state index in [1.165, 1.54) is 11.0 Å². The Kier molecular flexibility index (Phi) is 3.38. The first kappa shape index (κ1) is 11.6. The molecule has 17 heavy (non-hydrogen) atoms. The third kappa shape index (κ3) is 3.28. The molecule has 88 valence electrons. The first-order valence-corrected chi connectivity index (χ1v) is 5.67. The third-order valence-corrected chi connectivity index (χ3v) is 2.61. The first-order chi connectivity index (χ1) is 8.13. The highest BCUT2D eigenvalue weighted by atomic mass is 79.9. The molecule has 1 heterocycles. The molecule has 7 heteroatoms. The first-order valence-electron chi connectivity index (χ1n) is 4.88. The molecule has 0 saturated heterocycles. The quantitative estimate of drug-likeness (QED) is 0.814. The highest BCUT2D eigenvalue weighted by Gasteiger charge is 2.07. The minimum absolute atomic E-state index is 0.626. The van der Waals surface area contributed by atoms with E-state index in [2.05, 4.69) is 26.5 Å². The summed E-state index contributed by atoms with van der Waals surface area (Å²) in [6.07, 6.45) is 3.12. The molecule has 2 amide bonds. The van der Waals surface area contributed by atoms with Crippen LogP contribution in [0.3, 0.4) is 0 Å². The van der Waals surface area contributed by atoms with Crippen LogP contribution < -0.4 is 15.8 Å². The number of rotatable bonds is 3. The number of nitrogens with one attached hydrogen (secondary N) is 1. The van der Waals surface area contributed by atoms with Gasteiger partial charge in [-0.15, -0.1) is 9.36 Å². The van der Waals surface area contributed by atoms with Gasteiger partial charge in [-0.2, -0.15) is 5.43 Å². The van der Waals surface area contributed by atoms with Crippen molar-refractivity contribution in [1.82, 2.24) is 9.78 Å². The monoisotopic (exact) mass is 296 g/mol. The van der Waals surface area contributed by atoms with Crippen molar-refractivity contribution < 1.29 is 9.47 Å². The van der Waals surface area contributed by atoms with Gasteiger partial charge in [-0.1, -0.05) is 28.1 Å². The lowest BCUT2D eigenvalue weighted by Crippen LogP contribution is -2.49. The highest BCUT2D eigenvalue weighted by molar-refractivity contribution is 9.10. The largest absolute Gasteiger partial charge is 0.349 e. The maximum absolute atomic E-state index is 10.6. The maximum Gasteiger partial charge on any atom is 0.342 e. The van der Waals surface area contributed by atoms with Crippen LogP contribution in [0.25, 0.3) is 0 Å². The Morgan fingerprint density at radius 2 is 2.18 bits per heavy atom. The van der Waals surface area contributed by atoms with Gasteiger partial charge >= 0.3 is 6.03 Å². The van der Waals surface area contributed by atoms with Gasteiger partial charge in [0.15, 0.2) is 0 Å². The zero-order valence-electron chi connectivity index (χ0n) is 8.88. The van der Waals surface area contributed by atoms with Crippen molar-refractivity contribution >= 4 is 22.0 Å². The van der Waals surface area contributed by atoms with Gasteiger partial charge in [0.1, 0.15) is 6.54 Å². The number of aromatic nitrogens is 3. The van der Waals surface area contributed by atoms with E-state index in [1.807, 2.05) is 24.3 Å². The fraction of sp³-hybridized carbons (Fsp3) is 0.100. The van der Waals surface area contributed by atoms with Gasteiger partial charge in [-0.3, -0.25) is 0 Å². The average Bonchev–Trinajstić information content (AvgIpc) is 2.68. The predicted octanol–water partition coefficient (Wildman–Crippen LogP) is 0.604. The van der Waals surface area contributed by atoms with Crippen LogP contribution in [-0.4, -0.2) is 15.8 Å². The molecule has 0 radical (unpaired) electrons. The molecule has 6 nitrogen and oxygen atoms in total. The number of nitrogens with two attached hydrogens (primary N) is 1. The van der Waals surface area contributed by atoms with Crippen molar-refractivity contribution in [1.29, 1.82) is 0 Å². The maximum atomic E-state index is 10.6. The van der Waals surface area contributed by atoms with Gasteiger partial charge < -0.3 is 5.73 Å². The van der Waals surface area contributed by atoms with Crippen LogP contribution in [0.15, 0.2) is 41.4 Å². The standard InChI is InChI=1S/C10H10BrN5O/c11-9-3-1-8(2-4-9)5-15-7-16(6-13-15)14-10(12)17/h1-4,6-7H,5H2,(H2-,12,14,17)/p+1. The van der Waals surface area contributed by atoms with E-state index >= 15 is 0 Å². The number of amides is 2. The Balaban J connectivity index is 2.06. The van der Waals surface area contributed by atoms with Crippen LogP contribution in [0.1, 0.15) is 5.56 Å². The van der Waals surface area contributed by atoms with Crippen molar-refractivity contribution in [2.45, 2.75) is 6.54 Å². The Hall–Kier alpha value is -1.89. The summed E-state index contributed by atoms with van der Waals surface area (Å²) < 4.78 is 4.13. The van der Waals surface area contributed by atoms with Crippen molar-refractivity contribution in [3.8, 4) is 0 Å². The Morgan fingerprint density at radius 1 is 1.47 bits per heavy atom. The average molecular weight is 297 g/mol. The molecule has 0 aliphatic rings. The normalized spacial score (nSPS) is 10.2. The van der Waals surface area contributed by atoms with Crippen LogP contribution >= 0.6 is 15.9 Å². The van der Waals surface area contributed by atoms with E-state index < -0.39 is 6.03 Å². The Labute approximate surface area is 106 Å². The number of halogens is 1. The van der Waals surface area contributed by atoms with Crippen LogP contribution in [0.4, 0.5) is 4.79 Å². The van der Waals surface area contributed by atoms with E-state index in [4.69, 9.17) is 5.73 Å². The molecule has 0 atom stereocenters. The summed E-state index contributed by atoms with van der Waals surface area (Å²) in [4.78, 5) is 10.6. The molecule has 0 bridgehead atoms. The molecule has 3 N–H and O–H groups in total. The van der Waals surface area contributed by atoms with Crippen molar-refractivity contribution in [3.05, 3.63) is 47.0 Å². The van der Waals surface area contributed by atoms with Gasteiger partial charge in [0.25, 0.3) is 6.33 Å². The second kappa shape index (κ2) is 4.96. The lowest BCUT2D eigenvalue weighted by molar-refractivity contribution is -0.642. The number of hydrogen-bond acceptors (Lipinski definition) is 2. The summed E-state index contributed by atoms with van der Waals surface area (Å²) in [7, 11) is 0. The molecule has 0 aliphatic carbocycles. The van der Waals surface area contributed by atoms with Crippen molar-refractivity contribution in [2.75, 3.05) is 5.43 Å². The molecule has 1 aromatic heterocycles. The molecular formula is C10H11BrN5O+. The molecule has 0 aliphatic heterocycles. The van der Waals surface area contributed by atoms with Crippen molar-refractivity contribution in [3.63, 3.8) is 0 Å². The van der Waals surface area contributed by atoms with Gasteiger partial charge in [0.05, 0.1) is 0 Å². The van der Waals surface area contributed by atoms with Crippen LogP contribution in [0.2, 0.25) is 0 Å². The number of hydrogen-bond donors (Lipinski definition) is 2. The number of urea groups is 1. The fourth-order valence-corrected chi connectivity index (χ4v) is 1.63. The summed E-state index contributed by atoms with van der Waals surface area (Å²) >= 11 is 3.37. The molecular weight excluding hydrogens is 286 g/mol. The Bertz CT molecular complexity index is 522. The second-order valence-electron chi connectivity index (χ2n) is 3.45. The summed E-state index contributed by atoms with van der Waals surface area (Å²) in [5.74, 6) is 0.